The maximum Gasteiger partial charge on any atom is 0.304 e. The third-order valence-corrected chi connectivity index (χ3v) is 3.29. The van der Waals surface area contributed by atoms with E-state index < -0.39 is 5.97 Å². The van der Waals surface area contributed by atoms with Gasteiger partial charge in [0.2, 0.25) is 5.91 Å². The van der Waals surface area contributed by atoms with Crippen LogP contribution in [0.15, 0.2) is 24.3 Å². The van der Waals surface area contributed by atoms with Gasteiger partial charge in [0.05, 0.1) is 13.0 Å². The van der Waals surface area contributed by atoms with E-state index in [9.17, 15) is 9.59 Å². The van der Waals surface area contributed by atoms with Crippen LogP contribution in [0.3, 0.4) is 0 Å². The summed E-state index contributed by atoms with van der Waals surface area (Å²) in [5, 5.41) is 11.7. The molecule has 1 aromatic rings. The molecule has 1 aliphatic heterocycles. The standard InChI is InChI=1S/C14H18N2O3/c1-2-15-13(17)9-16-8-10(7-14(18)19)11-5-3-4-6-12(11)16/h3-6,10H,2,7-9H2,1H3,(H,15,17)(H,18,19). The van der Waals surface area contributed by atoms with Crippen molar-refractivity contribution in [2.24, 2.45) is 0 Å². The van der Waals surface area contributed by atoms with Gasteiger partial charge in [0.1, 0.15) is 0 Å². The highest BCUT2D eigenvalue weighted by molar-refractivity contribution is 5.82. The van der Waals surface area contributed by atoms with Gasteiger partial charge < -0.3 is 15.3 Å². The van der Waals surface area contributed by atoms with Crippen molar-refractivity contribution in [1.82, 2.24) is 5.32 Å². The minimum Gasteiger partial charge on any atom is -0.481 e. The maximum absolute atomic E-state index is 11.7. The van der Waals surface area contributed by atoms with Crippen LogP contribution in [0.5, 0.6) is 0 Å². The minimum absolute atomic E-state index is 0.0340. The Morgan fingerprint density at radius 1 is 1.42 bits per heavy atom. The second-order valence-corrected chi connectivity index (χ2v) is 4.69. The number of fused-ring (bicyclic) bond motifs is 1. The van der Waals surface area contributed by atoms with Gasteiger partial charge in [-0.2, -0.15) is 0 Å². The molecule has 0 saturated carbocycles. The number of likely N-dealkylation sites (N-methyl/N-ethyl adjacent to an activating group) is 1. The number of benzene rings is 1. The Bertz CT molecular complexity index is 487. The third-order valence-electron chi connectivity index (χ3n) is 3.29. The Hall–Kier alpha value is -2.04. The molecule has 102 valence electrons. The molecule has 0 bridgehead atoms. The van der Waals surface area contributed by atoms with E-state index in [4.69, 9.17) is 5.11 Å². The zero-order chi connectivity index (χ0) is 13.8. The number of hydrogen-bond acceptors (Lipinski definition) is 3. The zero-order valence-corrected chi connectivity index (χ0v) is 10.9. The molecule has 5 nitrogen and oxygen atoms in total. The molecule has 0 aliphatic carbocycles. The lowest BCUT2D eigenvalue weighted by Crippen LogP contribution is -2.36. The molecule has 1 aliphatic rings. The van der Waals surface area contributed by atoms with Crippen molar-refractivity contribution in [2.75, 3.05) is 24.5 Å². The van der Waals surface area contributed by atoms with Gasteiger partial charge in [-0.15, -0.1) is 0 Å². The Kier molecular flexibility index (Phi) is 4.04. The smallest absolute Gasteiger partial charge is 0.304 e. The van der Waals surface area contributed by atoms with Gasteiger partial charge in [0, 0.05) is 24.7 Å². The number of carboxylic acid groups (broad SMARTS) is 1. The van der Waals surface area contributed by atoms with Gasteiger partial charge in [-0.1, -0.05) is 18.2 Å². The van der Waals surface area contributed by atoms with Crippen LogP contribution < -0.4 is 10.2 Å². The number of carbonyl (C=O) groups is 2. The minimum atomic E-state index is -0.806. The molecule has 2 rings (SSSR count). The lowest BCUT2D eigenvalue weighted by atomic mass is 9.98. The fourth-order valence-electron chi connectivity index (χ4n) is 2.54. The summed E-state index contributed by atoms with van der Waals surface area (Å²) in [5.74, 6) is -0.879. The summed E-state index contributed by atoms with van der Waals surface area (Å²) in [6.07, 6.45) is 0.100. The Labute approximate surface area is 112 Å². The molecule has 1 aromatic carbocycles. The molecule has 1 atom stereocenters. The second kappa shape index (κ2) is 5.73. The van der Waals surface area contributed by atoms with Crippen LogP contribution in [0.25, 0.3) is 0 Å². The molecular formula is C14H18N2O3. The summed E-state index contributed by atoms with van der Waals surface area (Å²) < 4.78 is 0. The van der Waals surface area contributed by atoms with Gasteiger partial charge in [-0.3, -0.25) is 9.59 Å². The third kappa shape index (κ3) is 3.05. The Morgan fingerprint density at radius 3 is 2.84 bits per heavy atom. The molecule has 0 saturated heterocycles. The summed E-state index contributed by atoms with van der Waals surface area (Å²) >= 11 is 0. The maximum atomic E-state index is 11.7. The van der Waals surface area contributed by atoms with E-state index in [0.717, 1.165) is 11.3 Å². The molecule has 2 N–H and O–H groups in total. The van der Waals surface area contributed by atoms with Crippen LogP contribution in [-0.4, -0.2) is 36.6 Å². The Morgan fingerprint density at radius 2 is 2.16 bits per heavy atom. The molecule has 19 heavy (non-hydrogen) atoms. The van der Waals surface area contributed by atoms with Crippen LogP contribution >= 0.6 is 0 Å². The summed E-state index contributed by atoms with van der Waals surface area (Å²) in [7, 11) is 0. The quantitative estimate of drug-likeness (QED) is 0.836. The van der Waals surface area contributed by atoms with Crippen molar-refractivity contribution >= 4 is 17.6 Å². The fourth-order valence-corrected chi connectivity index (χ4v) is 2.54. The van der Waals surface area contributed by atoms with Crippen molar-refractivity contribution in [3.8, 4) is 0 Å². The number of para-hydroxylation sites is 1. The number of carboxylic acids is 1. The number of carbonyl (C=O) groups excluding carboxylic acids is 1. The number of aliphatic carboxylic acids is 1. The van der Waals surface area contributed by atoms with Gasteiger partial charge in [0.15, 0.2) is 0 Å². The zero-order valence-electron chi connectivity index (χ0n) is 10.9. The van der Waals surface area contributed by atoms with Crippen LogP contribution in [-0.2, 0) is 9.59 Å². The summed E-state index contributed by atoms with van der Waals surface area (Å²) in [6, 6.07) is 7.70. The number of amides is 1. The molecule has 0 fully saturated rings. The molecule has 5 heteroatoms. The van der Waals surface area contributed by atoms with E-state index in [2.05, 4.69) is 5.32 Å². The second-order valence-electron chi connectivity index (χ2n) is 4.69. The lowest BCUT2D eigenvalue weighted by Gasteiger charge is -2.18. The van der Waals surface area contributed by atoms with Crippen molar-refractivity contribution < 1.29 is 14.7 Å². The van der Waals surface area contributed by atoms with E-state index in [1.54, 1.807) is 0 Å². The van der Waals surface area contributed by atoms with Crippen molar-refractivity contribution in [3.05, 3.63) is 29.8 Å². The number of nitrogens with zero attached hydrogens (tertiary/aromatic N) is 1. The molecule has 0 aromatic heterocycles. The first-order valence-corrected chi connectivity index (χ1v) is 6.44. The average Bonchev–Trinajstić information content (AvgIpc) is 2.68. The topological polar surface area (TPSA) is 69.6 Å². The molecular weight excluding hydrogens is 244 g/mol. The highest BCUT2D eigenvalue weighted by Crippen LogP contribution is 2.37. The van der Waals surface area contributed by atoms with Crippen LogP contribution in [0.1, 0.15) is 24.8 Å². The van der Waals surface area contributed by atoms with Crippen molar-refractivity contribution in [2.45, 2.75) is 19.3 Å². The molecule has 1 unspecified atom stereocenters. The van der Waals surface area contributed by atoms with Crippen LogP contribution in [0.2, 0.25) is 0 Å². The van der Waals surface area contributed by atoms with Gasteiger partial charge >= 0.3 is 5.97 Å². The van der Waals surface area contributed by atoms with Gasteiger partial charge in [-0.25, -0.2) is 0 Å². The molecule has 1 heterocycles. The first kappa shape index (κ1) is 13.4. The van der Waals surface area contributed by atoms with Crippen LogP contribution in [0, 0.1) is 0 Å². The summed E-state index contributed by atoms with van der Waals surface area (Å²) in [4.78, 5) is 24.5. The lowest BCUT2D eigenvalue weighted by molar-refractivity contribution is -0.137. The number of anilines is 1. The molecule has 1 amide bonds. The van der Waals surface area contributed by atoms with E-state index in [0.29, 0.717) is 13.1 Å². The first-order chi connectivity index (χ1) is 9.11. The van der Waals surface area contributed by atoms with E-state index >= 15 is 0 Å². The van der Waals surface area contributed by atoms with Gasteiger partial charge in [-0.05, 0) is 18.6 Å². The number of hydrogen-bond donors (Lipinski definition) is 2. The van der Waals surface area contributed by atoms with E-state index in [1.165, 1.54) is 0 Å². The predicted octanol–water partition coefficient (Wildman–Crippen LogP) is 1.20. The number of rotatable bonds is 5. The average molecular weight is 262 g/mol. The monoisotopic (exact) mass is 262 g/mol. The summed E-state index contributed by atoms with van der Waals surface area (Å²) in [6.45, 7) is 3.35. The van der Waals surface area contributed by atoms with E-state index in [1.807, 2.05) is 36.1 Å². The van der Waals surface area contributed by atoms with Crippen molar-refractivity contribution in [3.63, 3.8) is 0 Å². The molecule has 0 spiro atoms. The van der Waals surface area contributed by atoms with Crippen LogP contribution in [0.4, 0.5) is 5.69 Å². The fraction of sp³-hybridized carbons (Fsp3) is 0.429. The molecule has 0 radical (unpaired) electrons. The normalized spacial score (nSPS) is 17.1. The summed E-state index contributed by atoms with van der Waals surface area (Å²) in [5.41, 5.74) is 1.99. The predicted molar refractivity (Wildman–Crippen MR) is 72.3 cm³/mol. The Balaban J connectivity index is 2.15. The van der Waals surface area contributed by atoms with E-state index in [-0.39, 0.29) is 24.8 Å². The number of nitrogens with one attached hydrogen (secondary N) is 1. The highest BCUT2D eigenvalue weighted by atomic mass is 16.4. The highest BCUT2D eigenvalue weighted by Gasteiger charge is 2.30. The SMILES string of the molecule is CCNC(=O)CN1CC(CC(=O)O)c2ccccc21. The van der Waals surface area contributed by atoms with Crippen molar-refractivity contribution in [1.29, 1.82) is 0 Å². The first-order valence-electron chi connectivity index (χ1n) is 6.44. The largest absolute Gasteiger partial charge is 0.481 e. The van der Waals surface area contributed by atoms with Gasteiger partial charge in [0.25, 0.3) is 0 Å².